The van der Waals surface area contributed by atoms with E-state index in [1.165, 1.54) is 5.56 Å². The Morgan fingerprint density at radius 2 is 2.24 bits per heavy atom. The highest BCUT2D eigenvalue weighted by Crippen LogP contribution is 2.34. The summed E-state index contributed by atoms with van der Waals surface area (Å²) in [5, 5.41) is 0. The Hall–Kier alpha value is -2.56. The first kappa shape index (κ1) is 15.9. The van der Waals surface area contributed by atoms with Gasteiger partial charge in [0.1, 0.15) is 17.2 Å². The van der Waals surface area contributed by atoms with Gasteiger partial charge in [0.05, 0.1) is 19.9 Å². The van der Waals surface area contributed by atoms with Crippen molar-refractivity contribution in [3.8, 4) is 11.5 Å². The first-order valence-corrected chi connectivity index (χ1v) is 8.80. The predicted octanol–water partition coefficient (Wildman–Crippen LogP) is 3.04. The Morgan fingerprint density at radius 1 is 1.36 bits per heavy atom. The van der Waals surface area contributed by atoms with Gasteiger partial charge >= 0.3 is 0 Å². The molecule has 0 spiro atoms. The van der Waals surface area contributed by atoms with E-state index in [0.717, 1.165) is 49.5 Å². The molecule has 4 rings (SSSR count). The lowest BCUT2D eigenvalue weighted by atomic mass is 9.97. The Morgan fingerprint density at radius 3 is 3.12 bits per heavy atom. The molecule has 2 aliphatic rings. The van der Waals surface area contributed by atoms with Crippen molar-refractivity contribution >= 4 is 5.91 Å². The number of pyridine rings is 1. The van der Waals surface area contributed by atoms with Crippen molar-refractivity contribution in [2.45, 2.75) is 25.2 Å². The van der Waals surface area contributed by atoms with Gasteiger partial charge in [-0.15, -0.1) is 0 Å². The molecule has 2 aromatic rings. The lowest BCUT2D eigenvalue weighted by Crippen LogP contribution is -2.29. The van der Waals surface area contributed by atoms with Crippen LogP contribution in [-0.2, 0) is 6.42 Å². The summed E-state index contributed by atoms with van der Waals surface area (Å²) in [7, 11) is 1.69. The number of para-hydroxylation sites is 1. The van der Waals surface area contributed by atoms with Gasteiger partial charge in [-0.2, -0.15) is 0 Å². The number of rotatable bonds is 3. The maximum atomic E-state index is 12.9. The Kier molecular flexibility index (Phi) is 4.30. The summed E-state index contributed by atoms with van der Waals surface area (Å²) in [6.45, 7) is 2.18. The number of amides is 1. The summed E-state index contributed by atoms with van der Waals surface area (Å²) < 4.78 is 11.1. The average Bonchev–Trinajstić information content (AvgIpc) is 3.17. The summed E-state index contributed by atoms with van der Waals surface area (Å²) in [5.74, 6) is 2.02. The molecule has 0 radical (unpaired) electrons. The third-order valence-electron chi connectivity index (χ3n) is 5.07. The molecule has 1 aromatic heterocycles. The van der Waals surface area contributed by atoms with E-state index in [1.54, 1.807) is 13.3 Å². The molecule has 1 unspecified atom stereocenters. The van der Waals surface area contributed by atoms with Crippen molar-refractivity contribution in [2.75, 3.05) is 26.8 Å². The van der Waals surface area contributed by atoms with Crippen molar-refractivity contribution in [2.24, 2.45) is 0 Å². The van der Waals surface area contributed by atoms with E-state index in [4.69, 9.17) is 9.47 Å². The molecular weight excluding hydrogens is 316 g/mol. The maximum absolute atomic E-state index is 12.9. The molecule has 0 aliphatic carbocycles. The predicted molar refractivity (Wildman–Crippen MR) is 94.3 cm³/mol. The highest BCUT2D eigenvalue weighted by Gasteiger charge is 2.30. The smallest absolute Gasteiger partial charge is 0.272 e. The third kappa shape index (κ3) is 3.06. The molecule has 1 aromatic carbocycles. The van der Waals surface area contributed by atoms with Crippen LogP contribution in [0.1, 0.15) is 40.4 Å². The molecule has 25 heavy (non-hydrogen) atoms. The van der Waals surface area contributed by atoms with Gasteiger partial charge in [-0.25, -0.2) is 4.98 Å². The molecule has 0 bridgehead atoms. The maximum Gasteiger partial charge on any atom is 0.272 e. The molecule has 1 atom stereocenters. The molecular formula is C20H22N2O3. The largest absolute Gasteiger partial charge is 0.496 e. The lowest BCUT2D eigenvalue weighted by molar-refractivity contribution is 0.0784. The monoisotopic (exact) mass is 338 g/mol. The van der Waals surface area contributed by atoms with Crippen molar-refractivity contribution < 1.29 is 14.3 Å². The number of methoxy groups -OCH3 is 1. The minimum absolute atomic E-state index is 0.00534. The van der Waals surface area contributed by atoms with E-state index in [0.29, 0.717) is 18.2 Å². The minimum atomic E-state index is 0.00534. The number of hydrogen-bond acceptors (Lipinski definition) is 4. The van der Waals surface area contributed by atoms with E-state index in [9.17, 15) is 4.79 Å². The van der Waals surface area contributed by atoms with Crippen molar-refractivity contribution in [3.05, 3.63) is 53.3 Å². The number of fused-ring (bicyclic) bond motifs is 1. The van der Waals surface area contributed by atoms with Crippen LogP contribution in [0.4, 0.5) is 0 Å². The Bertz CT molecular complexity index is 790. The van der Waals surface area contributed by atoms with Crippen LogP contribution < -0.4 is 9.47 Å². The number of nitrogens with zero attached hydrogens (tertiary/aromatic N) is 2. The fourth-order valence-corrected chi connectivity index (χ4v) is 3.74. The Balaban J connectivity index is 1.51. The number of likely N-dealkylation sites (tertiary alicyclic amines) is 1. The highest BCUT2D eigenvalue weighted by atomic mass is 16.5. The number of benzene rings is 1. The second-order valence-corrected chi connectivity index (χ2v) is 6.61. The number of aromatic nitrogens is 1. The molecule has 1 saturated heterocycles. The number of carbonyl (C=O) groups excluding carboxylic acids is 1. The van der Waals surface area contributed by atoms with Gasteiger partial charge < -0.3 is 14.4 Å². The normalized spacial score (nSPS) is 19.2. The van der Waals surface area contributed by atoms with Crippen molar-refractivity contribution in [3.63, 3.8) is 0 Å². The summed E-state index contributed by atoms with van der Waals surface area (Å²) in [6.07, 6.45) is 4.57. The van der Waals surface area contributed by atoms with Crippen molar-refractivity contribution in [1.82, 2.24) is 9.88 Å². The van der Waals surface area contributed by atoms with Crippen LogP contribution in [0.25, 0.3) is 0 Å². The fourth-order valence-electron chi connectivity index (χ4n) is 3.74. The first-order chi connectivity index (χ1) is 12.3. The zero-order chi connectivity index (χ0) is 17.2. The molecule has 2 aliphatic heterocycles. The molecule has 1 amide bonds. The van der Waals surface area contributed by atoms with Gasteiger partial charge in [0.15, 0.2) is 0 Å². The zero-order valence-electron chi connectivity index (χ0n) is 14.4. The van der Waals surface area contributed by atoms with Crippen LogP contribution in [0.3, 0.4) is 0 Å². The van der Waals surface area contributed by atoms with Gasteiger partial charge in [-0.3, -0.25) is 4.79 Å². The summed E-state index contributed by atoms with van der Waals surface area (Å²) >= 11 is 0. The number of aryl methyl sites for hydroxylation is 1. The van der Waals surface area contributed by atoms with Gasteiger partial charge in [-0.1, -0.05) is 18.2 Å². The van der Waals surface area contributed by atoms with Gasteiger partial charge in [0.25, 0.3) is 5.91 Å². The van der Waals surface area contributed by atoms with E-state index in [1.807, 2.05) is 29.2 Å². The van der Waals surface area contributed by atoms with E-state index in [-0.39, 0.29) is 5.91 Å². The topological polar surface area (TPSA) is 51.7 Å². The van der Waals surface area contributed by atoms with Gasteiger partial charge in [0.2, 0.25) is 0 Å². The molecule has 5 heteroatoms. The minimum Gasteiger partial charge on any atom is -0.496 e. The van der Waals surface area contributed by atoms with Crippen LogP contribution in [0.5, 0.6) is 11.5 Å². The fraction of sp³-hybridized carbons (Fsp3) is 0.400. The van der Waals surface area contributed by atoms with Crippen molar-refractivity contribution in [1.29, 1.82) is 0 Å². The zero-order valence-corrected chi connectivity index (χ0v) is 14.4. The van der Waals surface area contributed by atoms with Crippen LogP contribution in [0, 0.1) is 0 Å². The van der Waals surface area contributed by atoms with Gasteiger partial charge in [-0.05, 0) is 42.5 Å². The molecule has 5 nitrogen and oxygen atoms in total. The Labute approximate surface area is 147 Å². The molecule has 3 heterocycles. The second-order valence-electron chi connectivity index (χ2n) is 6.61. The standard InChI is InChI=1S/C20H22N2O3/c1-24-18-7-3-2-6-16(18)15-8-9-22(13-15)20(23)17-11-14-5-4-10-25-19(14)12-21-17/h2-3,6-7,11-12,15H,4-5,8-10,13H2,1H3. The number of hydrogen-bond donors (Lipinski definition) is 0. The summed E-state index contributed by atoms with van der Waals surface area (Å²) in [4.78, 5) is 19.1. The molecule has 1 fully saturated rings. The van der Waals surface area contributed by atoms with E-state index >= 15 is 0 Å². The van der Waals surface area contributed by atoms with E-state index in [2.05, 4.69) is 11.1 Å². The molecule has 130 valence electrons. The van der Waals surface area contributed by atoms with Crippen LogP contribution in [0.15, 0.2) is 36.5 Å². The number of ether oxygens (including phenoxy) is 2. The van der Waals surface area contributed by atoms with Gasteiger partial charge in [0, 0.05) is 19.0 Å². The summed E-state index contributed by atoms with van der Waals surface area (Å²) in [6, 6.07) is 9.96. The summed E-state index contributed by atoms with van der Waals surface area (Å²) in [5.41, 5.74) is 2.78. The molecule has 0 saturated carbocycles. The SMILES string of the molecule is COc1ccccc1C1CCN(C(=O)c2cc3c(cn2)OCCC3)C1. The first-order valence-electron chi connectivity index (χ1n) is 8.80. The lowest BCUT2D eigenvalue weighted by Gasteiger charge is -2.20. The van der Waals surface area contributed by atoms with Crippen LogP contribution >= 0.6 is 0 Å². The van der Waals surface area contributed by atoms with E-state index < -0.39 is 0 Å². The quantitative estimate of drug-likeness (QED) is 0.863. The molecule has 0 N–H and O–H groups in total. The number of carbonyl (C=O) groups is 1. The average molecular weight is 338 g/mol. The highest BCUT2D eigenvalue weighted by molar-refractivity contribution is 5.93. The second kappa shape index (κ2) is 6.75. The van der Waals surface area contributed by atoms with Crippen LogP contribution in [0.2, 0.25) is 0 Å². The third-order valence-corrected chi connectivity index (χ3v) is 5.07. The van der Waals surface area contributed by atoms with Crippen LogP contribution in [-0.4, -0.2) is 42.6 Å².